The summed E-state index contributed by atoms with van der Waals surface area (Å²) in [4.78, 5) is 78.8. The van der Waals surface area contributed by atoms with Crippen LogP contribution < -0.4 is 28.7 Å². The summed E-state index contributed by atoms with van der Waals surface area (Å²) in [5.41, 5.74) is 0.431. The monoisotopic (exact) mass is 1010 g/mol. The molecule has 6 aromatic carbocycles. The molecule has 8 rings (SSSR count). The number of imide groups is 2. The number of alkyl halides is 4. The number of halogens is 6. The minimum absolute atomic E-state index is 0.0216. The molecule has 2 aliphatic heterocycles. The Kier molecular flexibility index (Phi) is 15.5. The van der Waals surface area contributed by atoms with Crippen LogP contribution in [0.2, 0.25) is 10.0 Å². The summed E-state index contributed by atoms with van der Waals surface area (Å²) in [5.74, 6) is -4.59. The zero-order chi connectivity index (χ0) is 50.6. The predicted octanol–water partition coefficient (Wildman–Crippen LogP) is 10.4. The molecule has 0 aliphatic carbocycles. The Bertz CT molecular complexity index is 3100. The largest absolute Gasteiger partial charge is 0.492 e. The smallest absolute Gasteiger partial charge is 0.310 e. The van der Waals surface area contributed by atoms with Crippen LogP contribution in [0.3, 0.4) is 0 Å². The van der Waals surface area contributed by atoms with Crippen LogP contribution in [0.4, 0.5) is 28.9 Å². The highest BCUT2D eigenvalue weighted by molar-refractivity contribution is 6.43. The average Bonchev–Trinajstić information content (AvgIpc) is 3.72. The minimum Gasteiger partial charge on any atom is -0.492 e. The maximum Gasteiger partial charge on any atom is 0.310 e. The third-order valence-electron chi connectivity index (χ3n) is 10.7. The lowest BCUT2D eigenvalue weighted by molar-refractivity contribution is -0.142. The van der Waals surface area contributed by atoms with Crippen molar-refractivity contribution in [2.45, 2.75) is 46.5 Å². The summed E-state index contributed by atoms with van der Waals surface area (Å²) in [7, 11) is 0. The second-order valence-corrected chi connectivity index (χ2v) is 16.0. The minimum atomic E-state index is -2.81. The zero-order valence-corrected chi connectivity index (χ0v) is 38.8. The van der Waals surface area contributed by atoms with Gasteiger partial charge in [0.1, 0.15) is 36.2 Å². The van der Waals surface area contributed by atoms with E-state index in [1.54, 1.807) is 75.4 Å². The number of ether oxygens (including phenoxy) is 5. The summed E-state index contributed by atoms with van der Waals surface area (Å²) >= 11 is 12.7. The van der Waals surface area contributed by atoms with Crippen molar-refractivity contribution in [1.29, 1.82) is 0 Å². The molecule has 0 atom stereocenters. The number of hydrogen-bond donors (Lipinski definition) is 1. The first-order valence-corrected chi connectivity index (χ1v) is 22.2. The number of carbonyl (C=O) groups excluding carboxylic acids is 5. The van der Waals surface area contributed by atoms with Crippen molar-refractivity contribution >= 4 is 91.7 Å². The second-order valence-electron chi connectivity index (χ2n) is 15.2. The van der Waals surface area contributed by atoms with Crippen molar-refractivity contribution in [3.8, 4) is 23.0 Å². The van der Waals surface area contributed by atoms with E-state index in [4.69, 9.17) is 52.0 Å². The van der Waals surface area contributed by atoms with E-state index in [1.807, 2.05) is 0 Å². The number of esters is 1. The Hall–Kier alpha value is -7.44. The van der Waals surface area contributed by atoms with Gasteiger partial charge in [0.05, 0.1) is 76.3 Å². The van der Waals surface area contributed by atoms with Gasteiger partial charge in [-0.05, 0) is 56.2 Å². The maximum absolute atomic E-state index is 13.6. The number of nitrogens with zero attached hydrogens (tertiary/aromatic N) is 2. The first-order valence-electron chi connectivity index (χ1n) is 21.5. The van der Waals surface area contributed by atoms with Gasteiger partial charge in [-0.25, -0.2) is 27.4 Å². The number of fused-ring (bicyclic) bond motifs is 4. The number of aliphatic carboxylic acids is 1. The van der Waals surface area contributed by atoms with Gasteiger partial charge in [0.2, 0.25) is 0 Å². The Balaban J connectivity index is 0.000000207. The molecule has 2 aliphatic rings. The molecule has 0 unspecified atom stereocenters. The van der Waals surface area contributed by atoms with Gasteiger partial charge in [-0.2, -0.15) is 0 Å². The third kappa shape index (κ3) is 9.87. The van der Waals surface area contributed by atoms with Gasteiger partial charge in [-0.15, -0.1) is 0 Å². The van der Waals surface area contributed by atoms with E-state index in [2.05, 4.69) is 0 Å². The summed E-state index contributed by atoms with van der Waals surface area (Å²) in [6.07, 6.45) is -5.94. The number of amides is 4. The fourth-order valence-electron chi connectivity index (χ4n) is 8.05. The van der Waals surface area contributed by atoms with Gasteiger partial charge in [0.25, 0.3) is 36.5 Å². The van der Waals surface area contributed by atoms with Crippen molar-refractivity contribution in [2.75, 3.05) is 42.8 Å². The lowest BCUT2D eigenvalue weighted by atomic mass is 9.99. The molecule has 0 fully saturated rings. The Morgan fingerprint density at radius 2 is 0.871 bits per heavy atom. The summed E-state index contributed by atoms with van der Waals surface area (Å²) in [6, 6.07) is 21.8. The molecule has 20 heteroatoms. The quantitative estimate of drug-likeness (QED) is 0.0521. The van der Waals surface area contributed by atoms with Gasteiger partial charge < -0.3 is 28.8 Å². The van der Waals surface area contributed by atoms with E-state index in [9.17, 15) is 46.3 Å². The van der Waals surface area contributed by atoms with Crippen LogP contribution in [-0.2, 0) is 27.2 Å². The van der Waals surface area contributed by atoms with Gasteiger partial charge in [-0.1, -0.05) is 83.9 Å². The SMILES string of the molecule is CCOC(=O)Cc1ccc(N2C(=O)c3c(c(OCC(F)F)c4ccccc4c3OCC)C2=O)c(Cl)c1.CCOc1c2c(c(OCC(F)F)c3ccccc13)C(=O)N(c1ccc(CC(=O)O)cc1Cl)C2=O. The topological polar surface area (TPSA) is 175 Å². The molecule has 0 aromatic heterocycles. The number of carboxylic acids is 1. The highest BCUT2D eigenvalue weighted by Gasteiger charge is 2.46. The highest BCUT2D eigenvalue weighted by atomic mass is 35.5. The Labute approximate surface area is 406 Å². The van der Waals surface area contributed by atoms with Gasteiger partial charge >= 0.3 is 11.9 Å². The molecule has 364 valence electrons. The molecule has 4 amide bonds. The van der Waals surface area contributed by atoms with Crippen LogP contribution >= 0.6 is 23.2 Å². The fraction of sp³-hybridized carbons (Fsp3) is 0.240. The maximum atomic E-state index is 13.6. The van der Waals surface area contributed by atoms with Crippen molar-refractivity contribution in [2.24, 2.45) is 0 Å². The molecule has 0 saturated carbocycles. The van der Waals surface area contributed by atoms with Crippen molar-refractivity contribution in [3.63, 3.8) is 0 Å². The van der Waals surface area contributed by atoms with E-state index in [0.29, 0.717) is 32.7 Å². The van der Waals surface area contributed by atoms with E-state index in [1.165, 1.54) is 30.3 Å². The normalized spacial score (nSPS) is 13.0. The van der Waals surface area contributed by atoms with Crippen molar-refractivity contribution in [3.05, 3.63) is 128 Å². The molecule has 0 radical (unpaired) electrons. The number of anilines is 2. The molecule has 1 N–H and O–H groups in total. The van der Waals surface area contributed by atoms with Gasteiger partial charge in [0.15, 0.2) is 0 Å². The van der Waals surface area contributed by atoms with E-state index in [-0.39, 0.29) is 99.3 Å². The first-order chi connectivity index (χ1) is 33.5. The van der Waals surface area contributed by atoms with E-state index < -0.39 is 61.6 Å². The summed E-state index contributed by atoms with van der Waals surface area (Å²) in [6.45, 7) is 3.78. The average molecular weight is 1010 g/mol. The van der Waals surface area contributed by atoms with Crippen LogP contribution in [0.15, 0.2) is 84.9 Å². The number of rotatable bonds is 17. The first kappa shape index (κ1) is 50.4. The fourth-order valence-corrected chi connectivity index (χ4v) is 8.63. The summed E-state index contributed by atoms with van der Waals surface area (Å²) in [5, 5.41) is 10.6. The van der Waals surface area contributed by atoms with Crippen molar-refractivity contribution < 1.29 is 75.1 Å². The number of hydrogen-bond acceptors (Lipinski definition) is 11. The molecule has 6 aromatic rings. The molecule has 70 heavy (non-hydrogen) atoms. The molecular weight excluding hydrogens is 967 g/mol. The van der Waals surface area contributed by atoms with Gasteiger partial charge in [-0.3, -0.25) is 28.8 Å². The molecule has 0 saturated heterocycles. The summed E-state index contributed by atoms with van der Waals surface area (Å²) < 4.78 is 79.3. The molecule has 0 bridgehead atoms. The van der Waals surface area contributed by atoms with E-state index >= 15 is 0 Å². The lowest BCUT2D eigenvalue weighted by Gasteiger charge is -2.16. The molecule has 14 nitrogen and oxygen atoms in total. The van der Waals surface area contributed by atoms with Crippen LogP contribution in [-0.4, -0.2) is 86.6 Å². The zero-order valence-electron chi connectivity index (χ0n) is 37.3. The van der Waals surface area contributed by atoms with Gasteiger partial charge in [0, 0.05) is 21.5 Å². The van der Waals surface area contributed by atoms with Crippen LogP contribution in [0.25, 0.3) is 21.5 Å². The van der Waals surface area contributed by atoms with Crippen LogP contribution in [0.5, 0.6) is 23.0 Å². The molecule has 0 spiro atoms. The van der Waals surface area contributed by atoms with E-state index in [0.717, 1.165) is 9.80 Å². The van der Waals surface area contributed by atoms with Crippen molar-refractivity contribution in [1.82, 2.24) is 0 Å². The number of benzene rings is 6. The predicted molar refractivity (Wildman–Crippen MR) is 250 cm³/mol. The number of carbonyl (C=O) groups is 6. The Morgan fingerprint density at radius 1 is 0.529 bits per heavy atom. The number of carboxylic acid groups (broad SMARTS) is 1. The standard InChI is InChI=1S/C26H22ClF2NO6.C24H18ClF2NO6/c1-3-34-20(31)12-14-9-10-18(17(27)11-14)30-25(32)21-22(26(30)33)24(36-13-19(28)29)16-8-6-5-7-15(16)23(21)35-4-2;1-2-33-21-13-5-3-4-6-14(13)22(34-11-17(26)27)20-19(21)23(31)28(24(20)32)16-8-7-12(9-15(16)25)10-18(29)30/h5-11,19H,3-4,12-13H2,1-2H3;3-9,17H,2,10-11H2,1H3,(H,29,30). The second kappa shape index (κ2) is 21.5. The van der Waals surface area contributed by atoms with Crippen LogP contribution in [0, 0.1) is 0 Å². The Morgan fingerprint density at radius 3 is 1.17 bits per heavy atom. The third-order valence-corrected chi connectivity index (χ3v) is 11.3. The molecule has 2 heterocycles. The highest BCUT2D eigenvalue weighted by Crippen LogP contribution is 2.49. The molecular formula is C50H40Cl2F4N2O12. The van der Waals surface area contributed by atoms with Crippen LogP contribution in [0.1, 0.15) is 73.3 Å². The lowest BCUT2D eigenvalue weighted by Crippen LogP contribution is -2.30.